The first-order chi connectivity index (χ1) is 12.0. The molecular formula is C17H13BrCl2N4O. The number of nitrogen functional groups attached to an aromatic ring is 1. The van der Waals surface area contributed by atoms with Gasteiger partial charge in [-0.1, -0.05) is 45.2 Å². The number of hydrogen-bond donors (Lipinski definition) is 2. The molecule has 5 nitrogen and oxygen atoms in total. The molecular weight excluding hydrogens is 427 g/mol. The smallest absolute Gasteiger partial charge is 0.226 e. The summed E-state index contributed by atoms with van der Waals surface area (Å²) >= 11 is 15.3. The van der Waals surface area contributed by atoms with Gasteiger partial charge >= 0.3 is 0 Å². The third-order valence-electron chi connectivity index (χ3n) is 3.21. The molecule has 8 heteroatoms. The molecule has 3 N–H and O–H groups in total. The van der Waals surface area contributed by atoms with Gasteiger partial charge in [0.2, 0.25) is 11.8 Å². The van der Waals surface area contributed by atoms with Crippen LogP contribution >= 0.6 is 39.1 Å². The third-order valence-corrected chi connectivity index (χ3v) is 4.48. The summed E-state index contributed by atoms with van der Waals surface area (Å²) in [5.41, 5.74) is 6.72. The number of benzene rings is 2. The average molecular weight is 440 g/mol. The Kier molecular flexibility index (Phi) is 5.63. The van der Waals surface area contributed by atoms with Gasteiger partial charge in [0.1, 0.15) is 11.6 Å². The first-order valence-electron chi connectivity index (χ1n) is 7.25. The third kappa shape index (κ3) is 4.98. The van der Waals surface area contributed by atoms with Crippen LogP contribution in [-0.4, -0.2) is 9.97 Å². The van der Waals surface area contributed by atoms with E-state index >= 15 is 0 Å². The number of nitrogens with two attached hydrogens (primary N) is 1. The number of rotatable bonds is 5. The van der Waals surface area contributed by atoms with Gasteiger partial charge in [-0.3, -0.25) is 0 Å². The molecule has 0 aliphatic rings. The van der Waals surface area contributed by atoms with E-state index in [1.165, 1.54) is 0 Å². The monoisotopic (exact) mass is 438 g/mol. The number of ether oxygens (including phenoxy) is 1. The van der Waals surface area contributed by atoms with E-state index in [-0.39, 0.29) is 5.95 Å². The second-order valence-corrected chi connectivity index (χ2v) is 6.84. The average Bonchev–Trinajstić information content (AvgIpc) is 2.58. The molecule has 3 aromatic rings. The lowest BCUT2D eigenvalue weighted by atomic mass is 10.2. The standard InChI is InChI=1S/C17H13BrCl2N4O/c18-11-2-4-12(5-3-11)25-16-8-15(23-17(21)24-16)22-9-10-1-6-13(19)14(20)7-10/h1-8H,9H2,(H3,21,22,23,24). The van der Waals surface area contributed by atoms with Gasteiger partial charge in [0, 0.05) is 17.1 Å². The first-order valence-corrected chi connectivity index (χ1v) is 8.80. The topological polar surface area (TPSA) is 73.1 Å². The van der Waals surface area contributed by atoms with Gasteiger partial charge in [-0.05, 0) is 42.0 Å². The van der Waals surface area contributed by atoms with Gasteiger partial charge in [-0.25, -0.2) is 0 Å². The lowest BCUT2D eigenvalue weighted by molar-refractivity contribution is 0.463. The molecule has 25 heavy (non-hydrogen) atoms. The lowest BCUT2D eigenvalue weighted by Crippen LogP contribution is -2.05. The van der Waals surface area contributed by atoms with Crippen LogP contribution in [0.4, 0.5) is 11.8 Å². The number of aromatic nitrogens is 2. The van der Waals surface area contributed by atoms with Crippen LogP contribution in [0.3, 0.4) is 0 Å². The van der Waals surface area contributed by atoms with Crippen molar-refractivity contribution in [1.29, 1.82) is 0 Å². The van der Waals surface area contributed by atoms with Gasteiger partial charge in [0.25, 0.3) is 0 Å². The molecule has 0 radical (unpaired) electrons. The maximum Gasteiger partial charge on any atom is 0.226 e. The molecule has 0 bridgehead atoms. The van der Waals surface area contributed by atoms with Crippen molar-refractivity contribution in [2.45, 2.75) is 6.54 Å². The summed E-state index contributed by atoms with van der Waals surface area (Å²) in [6.45, 7) is 0.505. The zero-order chi connectivity index (χ0) is 17.8. The molecule has 0 unspecified atom stereocenters. The van der Waals surface area contributed by atoms with Crippen LogP contribution in [0.5, 0.6) is 11.6 Å². The molecule has 1 aromatic heterocycles. The van der Waals surface area contributed by atoms with Crippen molar-refractivity contribution in [2.24, 2.45) is 0 Å². The van der Waals surface area contributed by atoms with E-state index in [2.05, 4.69) is 31.2 Å². The number of anilines is 2. The predicted octanol–water partition coefficient (Wildman–Crippen LogP) is 5.53. The van der Waals surface area contributed by atoms with Crippen LogP contribution < -0.4 is 15.8 Å². The Morgan fingerprint density at radius 1 is 1.00 bits per heavy atom. The van der Waals surface area contributed by atoms with Gasteiger partial charge in [-0.15, -0.1) is 0 Å². The zero-order valence-corrected chi connectivity index (χ0v) is 15.9. The fourth-order valence-electron chi connectivity index (χ4n) is 2.05. The second-order valence-electron chi connectivity index (χ2n) is 5.11. The minimum atomic E-state index is 0.117. The number of halogens is 3. The maximum absolute atomic E-state index is 6.02. The van der Waals surface area contributed by atoms with E-state index in [1.54, 1.807) is 18.2 Å². The molecule has 0 saturated heterocycles. The van der Waals surface area contributed by atoms with Crippen molar-refractivity contribution in [2.75, 3.05) is 11.1 Å². The Bertz CT molecular complexity index is 890. The van der Waals surface area contributed by atoms with Crippen LogP contribution in [0.1, 0.15) is 5.56 Å². The molecule has 2 aromatic carbocycles. The normalized spacial score (nSPS) is 10.5. The summed E-state index contributed by atoms with van der Waals surface area (Å²) in [5, 5.41) is 4.18. The minimum Gasteiger partial charge on any atom is -0.439 e. The molecule has 0 aliphatic heterocycles. The zero-order valence-electron chi connectivity index (χ0n) is 12.8. The van der Waals surface area contributed by atoms with Crippen molar-refractivity contribution in [3.8, 4) is 11.6 Å². The van der Waals surface area contributed by atoms with E-state index in [4.69, 9.17) is 33.7 Å². The molecule has 0 spiro atoms. The summed E-state index contributed by atoms with van der Waals surface area (Å²) in [4.78, 5) is 8.24. The van der Waals surface area contributed by atoms with Crippen LogP contribution in [0, 0.1) is 0 Å². The minimum absolute atomic E-state index is 0.117. The van der Waals surface area contributed by atoms with Gasteiger partial charge in [0.05, 0.1) is 10.0 Å². The Morgan fingerprint density at radius 3 is 2.48 bits per heavy atom. The summed E-state index contributed by atoms with van der Waals surface area (Å²) in [6, 6.07) is 14.5. The predicted molar refractivity (Wildman–Crippen MR) is 104 cm³/mol. The van der Waals surface area contributed by atoms with Gasteiger partial charge in [0.15, 0.2) is 0 Å². The number of nitrogens with zero attached hydrogens (tertiary/aromatic N) is 2. The second kappa shape index (κ2) is 7.91. The molecule has 3 rings (SSSR count). The number of hydrogen-bond acceptors (Lipinski definition) is 5. The Balaban J connectivity index is 1.72. The van der Waals surface area contributed by atoms with E-state index in [0.29, 0.717) is 34.0 Å². The van der Waals surface area contributed by atoms with Gasteiger partial charge in [-0.2, -0.15) is 9.97 Å². The Morgan fingerprint density at radius 2 is 1.76 bits per heavy atom. The van der Waals surface area contributed by atoms with Crippen LogP contribution in [0.25, 0.3) is 0 Å². The van der Waals surface area contributed by atoms with E-state index in [9.17, 15) is 0 Å². The maximum atomic E-state index is 6.02. The summed E-state index contributed by atoms with van der Waals surface area (Å²) in [7, 11) is 0. The van der Waals surface area contributed by atoms with Crippen molar-refractivity contribution in [3.05, 3.63) is 68.6 Å². The molecule has 0 saturated carbocycles. The highest BCUT2D eigenvalue weighted by Crippen LogP contribution is 2.25. The highest BCUT2D eigenvalue weighted by Gasteiger charge is 2.06. The lowest BCUT2D eigenvalue weighted by Gasteiger charge is -2.10. The van der Waals surface area contributed by atoms with Crippen molar-refractivity contribution in [3.63, 3.8) is 0 Å². The largest absolute Gasteiger partial charge is 0.439 e. The molecule has 128 valence electrons. The van der Waals surface area contributed by atoms with Crippen LogP contribution in [0.2, 0.25) is 10.0 Å². The van der Waals surface area contributed by atoms with Crippen molar-refractivity contribution in [1.82, 2.24) is 9.97 Å². The Hall–Kier alpha value is -2.02. The fourth-order valence-corrected chi connectivity index (χ4v) is 2.64. The Labute approximate surface area is 163 Å². The number of nitrogens with one attached hydrogen (secondary N) is 1. The SMILES string of the molecule is Nc1nc(NCc2ccc(Cl)c(Cl)c2)cc(Oc2ccc(Br)cc2)n1. The van der Waals surface area contributed by atoms with Crippen LogP contribution in [-0.2, 0) is 6.54 Å². The quantitative estimate of drug-likeness (QED) is 0.546. The van der Waals surface area contributed by atoms with Crippen molar-refractivity contribution < 1.29 is 4.74 Å². The van der Waals surface area contributed by atoms with Crippen LogP contribution in [0.15, 0.2) is 53.0 Å². The molecule has 1 heterocycles. The van der Waals surface area contributed by atoms with Crippen molar-refractivity contribution >= 4 is 50.9 Å². The summed E-state index contributed by atoms with van der Waals surface area (Å²) < 4.78 is 6.68. The molecule has 0 aliphatic carbocycles. The summed E-state index contributed by atoms with van der Waals surface area (Å²) in [6.07, 6.45) is 0. The van der Waals surface area contributed by atoms with E-state index in [0.717, 1.165) is 10.0 Å². The van der Waals surface area contributed by atoms with E-state index in [1.807, 2.05) is 30.3 Å². The highest BCUT2D eigenvalue weighted by atomic mass is 79.9. The summed E-state index contributed by atoms with van der Waals surface area (Å²) in [5.74, 6) is 1.67. The first kappa shape index (κ1) is 17.8. The molecule has 0 fully saturated rings. The van der Waals surface area contributed by atoms with Gasteiger partial charge < -0.3 is 15.8 Å². The highest BCUT2D eigenvalue weighted by molar-refractivity contribution is 9.10. The molecule has 0 amide bonds. The fraction of sp³-hybridized carbons (Fsp3) is 0.0588. The van der Waals surface area contributed by atoms with E-state index < -0.39 is 0 Å². The molecule has 0 atom stereocenters.